The minimum Gasteiger partial charge on any atom is -0.495 e. The molecule has 39 heavy (non-hydrogen) atoms. The number of carbonyl (C=O) groups is 3. The zero-order valence-electron chi connectivity index (χ0n) is 23.2. The molecule has 0 aromatic carbocycles. The van der Waals surface area contributed by atoms with E-state index >= 15 is 0 Å². The van der Waals surface area contributed by atoms with Crippen molar-refractivity contribution in [1.29, 1.82) is 0 Å². The molecule has 1 saturated heterocycles. The predicted octanol–water partition coefficient (Wildman–Crippen LogP) is 3.95. The van der Waals surface area contributed by atoms with E-state index in [9.17, 15) is 14.4 Å². The average molecular weight is 562 g/mol. The van der Waals surface area contributed by atoms with Gasteiger partial charge in [0.05, 0.1) is 25.4 Å². The van der Waals surface area contributed by atoms with E-state index < -0.39 is 11.7 Å². The van der Waals surface area contributed by atoms with E-state index in [1.165, 1.54) is 19.3 Å². The normalized spacial score (nSPS) is 14.8. The van der Waals surface area contributed by atoms with Crippen molar-refractivity contribution in [1.82, 2.24) is 20.2 Å². The molecule has 1 fully saturated rings. The van der Waals surface area contributed by atoms with Crippen LogP contribution in [-0.4, -0.2) is 71.7 Å². The van der Waals surface area contributed by atoms with Crippen LogP contribution in [0.5, 0.6) is 11.5 Å². The number of nitrogens with one attached hydrogen (secondary N) is 2. The third-order valence-corrected chi connectivity index (χ3v) is 6.35. The number of amides is 3. The highest BCUT2D eigenvalue weighted by molar-refractivity contribution is 6.32. The molecular formula is C27H36ClN5O6. The average Bonchev–Trinajstić information content (AvgIpc) is 2.89. The van der Waals surface area contributed by atoms with Gasteiger partial charge in [0.2, 0.25) is 5.91 Å². The molecule has 1 aliphatic heterocycles. The summed E-state index contributed by atoms with van der Waals surface area (Å²) in [7, 11) is 3.08. The van der Waals surface area contributed by atoms with Gasteiger partial charge in [0, 0.05) is 38.3 Å². The molecular weight excluding hydrogens is 526 g/mol. The maximum atomic E-state index is 12.7. The predicted molar refractivity (Wildman–Crippen MR) is 146 cm³/mol. The second kappa shape index (κ2) is 13.0. The van der Waals surface area contributed by atoms with E-state index in [2.05, 4.69) is 20.6 Å². The number of methoxy groups -OCH3 is 1. The summed E-state index contributed by atoms with van der Waals surface area (Å²) in [4.78, 5) is 47.3. The SMILES string of the molecule is CNC(=O)C(C)Oc1cc(NC(=O)Cc2cnc(C3CCN(C(=O)OC(C)(C)C)CC3)c(OC)c2)ncc1Cl. The fourth-order valence-electron chi connectivity index (χ4n) is 4.12. The molecule has 0 bridgehead atoms. The minimum atomic E-state index is -0.778. The standard InChI is InChI=1S/C27H36ClN5O6/c1-16(25(35)29-5)38-20-13-22(30-15-19(20)28)32-23(34)12-17-11-21(37-6)24(31-14-17)18-7-9-33(10-8-18)26(36)39-27(2,3)4/h11,13-16,18H,7-10,12H2,1-6H3,(H,29,35)(H,30,32,34). The molecule has 212 valence electrons. The molecule has 2 aromatic heterocycles. The van der Waals surface area contributed by atoms with Crippen LogP contribution in [0.25, 0.3) is 0 Å². The number of halogens is 1. The van der Waals surface area contributed by atoms with Crippen LogP contribution in [0, 0.1) is 0 Å². The molecule has 1 atom stereocenters. The Kier molecular flexibility index (Phi) is 9.96. The molecule has 0 saturated carbocycles. The lowest BCUT2D eigenvalue weighted by Crippen LogP contribution is -2.41. The van der Waals surface area contributed by atoms with Crippen LogP contribution in [0.15, 0.2) is 24.5 Å². The number of ether oxygens (including phenoxy) is 3. The van der Waals surface area contributed by atoms with Crippen LogP contribution >= 0.6 is 11.6 Å². The first-order valence-electron chi connectivity index (χ1n) is 12.7. The van der Waals surface area contributed by atoms with Crippen LogP contribution < -0.4 is 20.1 Å². The van der Waals surface area contributed by atoms with Gasteiger partial charge in [-0.3, -0.25) is 14.6 Å². The summed E-state index contributed by atoms with van der Waals surface area (Å²) in [5, 5.41) is 5.42. The van der Waals surface area contributed by atoms with E-state index in [1.807, 2.05) is 20.8 Å². The van der Waals surface area contributed by atoms with Gasteiger partial charge in [0.15, 0.2) is 6.10 Å². The largest absolute Gasteiger partial charge is 0.495 e. The monoisotopic (exact) mass is 561 g/mol. The maximum absolute atomic E-state index is 12.7. The molecule has 2 N–H and O–H groups in total. The highest BCUT2D eigenvalue weighted by Crippen LogP contribution is 2.34. The van der Waals surface area contributed by atoms with Crippen molar-refractivity contribution in [3.05, 3.63) is 40.8 Å². The zero-order valence-corrected chi connectivity index (χ0v) is 23.9. The van der Waals surface area contributed by atoms with Crippen molar-refractivity contribution in [2.75, 3.05) is 32.6 Å². The fraction of sp³-hybridized carbons (Fsp3) is 0.519. The summed E-state index contributed by atoms with van der Waals surface area (Å²) in [5.41, 5.74) is 0.932. The highest BCUT2D eigenvalue weighted by atomic mass is 35.5. The third kappa shape index (κ3) is 8.44. The Morgan fingerprint density at radius 1 is 1.13 bits per heavy atom. The highest BCUT2D eigenvalue weighted by Gasteiger charge is 2.29. The van der Waals surface area contributed by atoms with Gasteiger partial charge in [0.25, 0.3) is 5.91 Å². The summed E-state index contributed by atoms with van der Waals surface area (Å²) >= 11 is 6.14. The molecule has 0 spiro atoms. The number of carbonyl (C=O) groups excluding carboxylic acids is 3. The van der Waals surface area contributed by atoms with E-state index in [4.69, 9.17) is 25.8 Å². The first-order valence-corrected chi connectivity index (χ1v) is 13.1. The molecule has 2 aromatic rings. The van der Waals surface area contributed by atoms with Crippen molar-refractivity contribution >= 4 is 35.3 Å². The molecule has 1 aliphatic rings. The van der Waals surface area contributed by atoms with Gasteiger partial charge < -0.3 is 29.7 Å². The number of hydrogen-bond acceptors (Lipinski definition) is 8. The summed E-state index contributed by atoms with van der Waals surface area (Å²) < 4.78 is 16.7. The van der Waals surface area contributed by atoms with Crippen LogP contribution in [0.3, 0.4) is 0 Å². The van der Waals surface area contributed by atoms with Gasteiger partial charge in [-0.2, -0.15) is 0 Å². The number of rotatable bonds is 8. The molecule has 1 unspecified atom stereocenters. The lowest BCUT2D eigenvalue weighted by molar-refractivity contribution is -0.126. The molecule has 3 rings (SSSR count). The van der Waals surface area contributed by atoms with Gasteiger partial charge in [-0.25, -0.2) is 9.78 Å². The summed E-state index contributed by atoms with van der Waals surface area (Å²) in [6.07, 6.45) is 3.41. The quantitative estimate of drug-likeness (QED) is 0.495. The lowest BCUT2D eigenvalue weighted by atomic mass is 9.92. The second-order valence-electron chi connectivity index (χ2n) is 10.3. The van der Waals surface area contributed by atoms with Crippen molar-refractivity contribution in [2.45, 2.75) is 64.6 Å². The third-order valence-electron chi connectivity index (χ3n) is 6.06. The Bertz CT molecular complexity index is 1190. The van der Waals surface area contributed by atoms with Crippen molar-refractivity contribution < 1.29 is 28.6 Å². The first-order chi connectivity index (χ1) is 18.4. The lowest BCUT2D eigenvalue weighted by Gasteiger charge is -2.33. The van der Waals surface area contributed by atoms with Gasteiger partial charge in [0.1, 0.15) is 27.9 Å². The molecule has 12 heteroatoms. The number of piperidine rings is 1. The van der Waals surface area contributed by atoms with Crippen molar-refractivity contribution in [3.63, 3.8) is 0 Å². The summed E-state index contributed by atoms with van der Waals surface area (Å²) in [6, 6.07) is 3.27. The van der Waals surface area contributed by atoms with E-state index in [1.54, 1.807) is 31.2 Å². The number of likely N-dealkylation sites (N-methyl/N-ethyl adjacent to an activating group) is 1. The number of likely N-dealkylation sites (tertiary alicyclic amines) is 1. The molecule has 0 aliphatic carbocycles. The number of nitrogens with zero attached hydrogens (tertiary/aromatic N) is 3. The van der Waals surface area contributed by atoms with Crippen LogP contribution in [-0.2, 0) is 20.7 Å². The second-order valence-corrected chi connectivity index (χ2v) is 10.7. The Morgan fingerprint density at radius 2 is 1.82 bits per heavy atom. The topological polar surface area (TPSA) is 132 Å². The molecule has 3 heterocycles. The van der Waals surface area contributed by atoms with Gasteiger partial charge in [-0.1, -0.05) is 11.6 Å². The van der Waals surface area contributed by atoms with E-state index in [-0.39, 0.29) is 46.8 Å². The summed E-state index contributed by atoms with van der Waals surface area (Å²) in [5.74, 6) is 0.541. The first kappa shape index (κ1) is 29.9. The van der Waals surface area contributed by atoms with Crippen LogP contribution in [0.4, 0.5) is 10.6 Å². The van der Waals surface area contributed by atoms with Crippen molar-refractivity contribution in [2.24, 2.45) is 0 Å². The van der Waals surface area contributed by atoms with Gasteiger partial charge >= 0.3 is 6.09 Å². The van der Waals surface area contributed by atoms with Crippen LogP contribution in [0.2, 0.25) is 5.02 Å². The smallest absolute Gasteiger partial charge is 0.410 e. The van der Waals surface area contributed by atoms with Gasteiger partial charge in [-0.05, 0) is 52.2 Å². The Morgan fingerprint density at radius 3 is 2.44 bits per heavy atom. The fourth-order valence-corrected chi connectivity index (χ4v) is 4.27. The molecule has 3 amide bonds. The van der Waals surface area contributed by atoms with Crippen molar-refractivity contribution in [3.8, 4) is 11.5 Å². The minimum absolute atomic E-state index is 0.0376. The number of anilines is 1. The Balaban J connectivity index is 1.61. The Labute approximate surface area is 233 Å². The van der Waals surface area contributed by atoms with Gasteiger partial charge in [-0.15, -0.1) is 0 Å². The molecule has 11 nitrogen and oxygen atoms in total. The zero-order chi connectivity index (χ0) is 28.7. The maximum Gasteiger partial charge on any atom is 0.410 e. The molecule has 0 radical (unpaired) electrons. The Hall–Kier alpha value is -3.60. The summed E-state index contributed by atoms with van der Waals surface area (Å²) in [6.45, 7) is 8.26. The number of aromatic nitrogens is 2. The van der Waals surface area contributed by atoms with E-state index in [0.717, 1.165) is 18.5 Å². The van der Waals surface area contributed by atoms with Crippen LogP contribution in [0.1, 0.15) is 57.7 Å². The number of pyridine rings is 2. The van der Waals surface area contributed by atoms with E-state index in [0.29, 0.717) is 24.4 Å². The number of hydrogen-bond donors (Lipinski definition) is 2.